The molecule has 0 spiro atoms. The van der Waals surface area contributed by atoms with Crippen molar-refractivity contribution in [3.05, 3.63) is 40.7 Å². The summed E-state index contributed by atoms with van der Waals surface area (Å²) < 4.78 is 1.23. The third-order valence-corrected chi connectivity index (χ3v) is 7.31. The molecule has 1 fully saturated rings. The monoisotopic (exact) mass is 468 g/mol. The van der Waals surface area contributed by atoms with Crippen molar-refractivity contribution < 1.29 is 9.94 Å². The van der Waals surface area contributed by atoms with Crippen molar-refractivity contribution in [3.8, 4) is 0 Å². The van der Waals surface area contributed by atoms with Gasteiger partial charge in [-0.2, -0.15) is 4.98 Å². The molecule has 0 aromatic carbocycles. The highest BCUT2D eigenvalue weighted by Crippen LogP contribution is 2.29. The lowest BCUT2D eigenvalue weighted by molar-refractivity contribution is -0.893. The Bertz CT molecular complexity index is 1280. The van der Waals surface area contributed by atoms with Crippen LogP contribution in [0, 0.1) is 5.92 Å². The summed E-state index contributed by atoms with van der Waals surface area (Å²) in [7, 11) is 0. The van der Waals surface area contributed by atoms with Crippen molar-refractivity contribution in [2.45, 2.75) is 58.8 Å². The van der Waals surface area contributed by atoms with E-state index in [1.54, 1.807) is 0 Å². The number of halogens is 1. The number of fused-ring (bicyclic) bond motifs is 2. The molecule has 9 heteroatoms. The topological polar surface area (TPSA) is 97.6 Å². The first-order valence-corrected chi connectivity index (χ1v) is 12.3. The Morgan fingerprint density at radius 1 is 1.15 bits per heavy atom. The highest BCUT2D eigenvalue weighted by Gasteiger charge is 2.23. The first kappa shape index (κ1) is 21.9. The van der Waals surface area contributed by atoms with Gasteiger partial charge in [-0.15, -0.1) is 4.98 Å². The predicted octanol–water partition coefficient (Wildman–Crippen LogP) is 4.38. The van der Waals surface area contributed by atoms with Crippen LogP contribution in [-0.2, 0) is 19.3 Å². The number of anilines is 1. The van der Waals surface area contributed by atoms with E-state index in [1.165, 1.54) is 4.73 Å². The van der Waals surface area contributed by atoms with Gasteiger partial charge in [-0.25, -0.2) is 4.98 Å². The van der Waals surface area contributed by atoms with E-state index in [-0.39, 0.29) is 0 Å². The fourth-order valence-electron chi connectivity index (χ4n) is 4.85. The van der Waals surface area contributed by atoms with Crippen LogP contribution >= 0.6 is 11.6 Å². The van der Waals surface area contributed by atoms with Crippen molar-refractivity contribution in [2.75, 3.05) is 18.0 Å². The van der Waals surface area contributed by atoms with Gasteiger partial charge in [0.25, 0.3) is 11.5 Å². The molecule has 3 N–H and O–H groups in total. The van der Waals surface area contributed by atoms with Gasteiger partial charge in [-0.3, -0.25) is 4.98 Å². The highest BCUT2D eigenvalue weighted by molar-refractivity contribution is 6.36. The second kappa shape index (κ2) is 9.17. The minimum Gasteiger partial charge on any atom is -0.371 e. The van der Waals surface area contributed by atoms with Gasteiger partial charge in [0.1, 0.15) is 11.8 Å². The van der Waals surface area contributed by atoms with E-state index in [0.717, 1.165) is 102 Å². The van der Waals surface area contributed by atoms with Gasteiger partial charge in [0.2, 0.25) is 5.95 Å². The Morgan fingerprint density at radius 3 is 2.85 bits per heavy atom. The second-order valence-electron chi connectivity index (χ2n) is 8.96. The van der Waals surface area contributed by atoms with Crippen molar-refractivity contribution in [1.82, 2.24) is 24.9 Å². The number of hydrogen-bond donors (Lipinski definition) is 3. The average molecular weight is 469 g/mol. The zero-order valence-electron chi connectivity index (χ0n) is 19.2. The third-order valence-electron chi connectivity index (χ3n) is 6.88. The quantitative estimate of drug-likeness (QED) is 0.288. The maximum absolute atomic E-state index is 10.6. The maximum Gasteiger partial charge on any atom is 0.276 e. The van der Waals surface area contributed by atoms with Crippen molar-refractivity contribution >= 4 is 39.6 Å². The summed E-state index contributed by atoms with van der Waals surface area (Å²) >= 11 is 6.43. The van der Waals surface area contributed by atoms with Crippen LogP contribution < -0.4 is 9.63 Å². The van der Waals surface area contributed by atoms with Crippen LogP contribution in [-0.4, -0.2) is 43.2 Å². The summed E-state index contributed by atoms with van der Waals surface area (Å²) in [6, 6.07) is 2.04. The van der Waals surface area contributed by atoms with Crippen LogP contribution in [0.3, 0.4) is 0 Å². The van der Waals surface area contributed by atoms with Crippen molar-refractivity contribution in [2.24, 2.45) is 5.92 Å². The lowest BCUT2D eigenvalue weighted by Gasteiger charge is -2.20. The Hall–Kier alpha value is -2.87. The summed E-state index contributed by atoms with van der Waals surface area (Å²) in [5.74, 6) is 2.05. The van der Waals surface area contributed by atoms with Gasteiger partial charge in [-0.1, -0.05) is 30.2 Å². The van der Waals surface area contributed by atoms with Crippen molar-refractivity contribution in [1.29, 1.82) is 0 Å². The highest BCUT2D eigenvalue weighted by atomic mass is 35.5. The maximum atomic E-state index is 10.6. The lowest BCUT2D eigenvalue weighted by atomic mass is 9.95. The minimum atomic E-state index is 0.581. The Morgan fingerprint density at radius 2 is 2.03 bits per heavy atom. The Labute approximate surface area is 198 Å². The molecule has 0 amide bonds. The molecule has 1 atom stereocenters. The van der Waals surface area contributed by atoms with Gasteiger partial charge < -0.3 is 15.1 Å². The number of hydrogen-bond acceptors (Lipinski definition) is 5. The zero-order chi connectivity index (χ0) is 22.9. The molecule has 1 aliphatic heterocycles. The van der Waals surface area contributed by atoms with Crippen LogP contribution in [0.1, 0.15) is 56.7 Å². The molecule has 33 heavy (non-hydrogen) atoms. The Kier molecular flexibility index (Phi) is 6.10. The largest absolute Gasteiger partial charge is 0.371 e. The van der Waals surface area contributed by atoms with Gasteiger partial charge in [0.15, 0.2) is 0 Å². The van der Waals surface area contributed by atoms with Crippen LogP contribution in [0.15, 0.2) is 18.5 Å². The summed E-state index contributed by atoms with van der Waals surface area (Å²) in [4.78, 5) is 22.8. The summed E-state index contributed by atoms with van der Waals surface area (Å²) in [5.41, 5.74) is 3.65. The molecule has 5 rings (SSSR count). The number of aromatic nitrogens is 6. The molecule has 1 aliphatic rings. The smallest absolute Gasteiger partial charge is 0.276 e. The summed E-state index contributed by atoms with van der Waals surface area (Å²) in [5, 5.41) is 13.2. The molecular formula is C24H31ClN7O+. The van der Waals surface area contributed by atoms with Crippen molar-refractivity contribution in [3.63, 3.8) is 0 Å². The number of nitrogens with zero attached hydrogens (tertiary/aromatic N) is 5. The van der Waals surface area contributed by atoms with Gasteiger partial charge in [-0.05, 0) is 50.5 Å². The molecule has 0 radical (unpaired) electrons. The first-order chi connectivity index (χ1) is 16.1. The number of aromatic amines is 2. The second-order valence-corrected chi connectivity index (χ2v) is 9.34. The Balaban J connectivity index is 1.24. The molecule has 1 unspecified atom stereocenters. The van der Waals surface area contributed by atoms with E-state index in [9.17, 15) is 5.21 Å². The predicted molar refractivity (Wildman–Crippen MR) is 129 cm³/mol. The van der Waals surface area contributed by atoms with Gasteiger partial charge in [0.05, 0.1) is 21.5 Å². The lowest BCUT2D eigenvalue weighted by Crippen LogP contribution is -2.38. The third kappa shape index (κ3) is 4.24. The molecule has 0 aliphatic carbocycles. The molecule has 1 saturated heterocycles. The molecule has 5 heterocycles. The number of aryl methyl sites for hydroxylation is 3. The van der Waals surface area contributed by atoms with Crippen LogP contribution in [0.25, 0.3) is 22.1 Å². The van der Waals surface area contributed by atoms with E-state index in [2.05, 4.69) is 38.7 Å². The van der Waals surface area contributed by atoms with E-state index < -0.39 is 0 Å². The summed E-state index contributed by atoms with van der Waals surface area (Å²) in [6.45, 7) is 6.04. The number of H-pyrrole nitrogens is 2. The summed E-state index contributed by atoms with van der Waals surface area (Å²) in [6.07, 6.45) is 10.5. The van der Waals surface area contributed by atoms with Crippen LogP contribution in [0.5, 0.6) is 0 Å². The molecular weight excluding hydrogens is 438 g/mol. The molecule has 4 aromatic rings. The number of nitrogens with one attached hydrogen (secondary N) is 2. The zero-order valence-corrected chi connectivity index (χ0v) is 20.0. The van der Waals surface area contributed by atoms with E-state index >= 15 is 0 Å². The van der Waals surface area contributed by atoms with Gasteiger partial charge in [0, 0.05) is 31.4 Å². The van der Waals surface area contributed by atoms with Crippen LogP contribution in [0.2, 0.25) is 5.02 Å². The normalized spacial score (nSPS) is 17.2. The molecule has 174 valence electrons. The minimum absolute atomic E-state index is 0.581. The van der Waals surface area contributed by atoms with E-state index in [1.807, 2.05) is 18.5 Å². The molecule has 8 nitrogen and oxygen atoms in total. The molecule has 4 aromatic heterocycles. The van der Waals surface area contributed by atoms with Gasteiger partial charge >= 0.3 is 0 Å². The standard InChI is InChI=1S/C24H30ClN7O/c1-3-17-12-16-13-26-20(32(33)23(16)28-17)8-7-15-6-5-10-31(11-9-15)24-27-14-18-21(25)19(4-2)29-22(18)30-24/h12-15,33H,3-11H2,1-2H3,(H,27,29,30)/p+1. The fourth-order valence-corrected chi connectivity index (χ4v) is 5.17. The van der Waals surface area contributed by atoms with E-state index in [4.69, 9.17) is 16.6 Å². The first-order valence-electron chi connectivity index (χ1n) is 12.0. The average Bonchev–Trinajstić information content (AvgIpc) is 3.31. The SMILES string of the molecule is CCc1cc2cnc(CCC3CCCN(c4ncc5c(Cl)c(CC)[nH]c5n4)CC3)[n+](O)c2[nH]1. The fraction of sp³-hybridized carbons (Fsp3) is 0.500. The van der Waals surface area contributed by atoms with E-state index in [0.29, 0.717) is 11.7 Å². The van der Waals surface area contributed by atoms with Crippen LogP contribution in [0.4, 0.5) is 5.95 Å². The molecule has 0 saturated carbocycles. The molecule has 0 bridgehead atoms. The number of rotatable bonds is 6.